The SMILES string of the molecule is CC1(C)CN(CCN2CCN(CC=CC(=O)Nc3cc4c(Nc5ccc(F)c(Cl)c5)ncnc4cc3OCC3CC3)CC2)CC(=O)O1. The first kappa shape index (κ1) is 33.1. The second-order valence-electron chi connectivity index (χ2n) is 13.1. The van der Waals surface area contributed by atoms with Crippen molar-refractivity contribution >= 4 is 51.6 Å². The number of carbonyl (C=O) groups is 2. The Hall–Kier alpha value is -3.84. The van der Waals surface area contributed by atoms with E-state index in [1.807, 2.05) is 19.9 Å². The zero-order chi connectivity index (χ0) is 33.0. The summed E-state index contributed by atoms with van der Waals surface area (Å²) in [5.41, 5.74) is 1.27. The number of hydrogen-bond acceptors (Lipinski definition) is 10. The second-order valence-corrected chi connectivity index (χ2v) is 13.5. The maximum atomic E-state index is 13.7. The highest BCUT2D eigenvalue weighted by Crippen LogP contribution is 2.36. The lowest BCUT2D eigenvalue weighted by atomic mass is 10.1. The Morgan fingerprint density at radius 1 is 1.11 bits per heavy atom. The fourth-order valence-corrected chi connectivity index (χ4v) is 6.05. The van der Waals surface area contributed by atoms with E-state index in [9.17, 15) is 14.0 Å². The van der Waals surface area contributed by atoms with Gasteiger partial charge in [0, 0.05) is 75.6 Å². The fraction of sp³-hybridized carbons (Fsp3) is 0.471. The second kappa shape index (κ2) is 14.5. The molecule has 11 nitrogen and oxygen atoms in total. The van der Waals surface area contributed by atoms with Crippen molar-refractivity contribution < 1.29 is 23.5 Å². The molecule has 3 aliphatic rings. The summed E-state index contributed by atoms with van der Waals surface area (Å²) in [6.45, 7) is 11.6. The molecular formula is C34H41ClFN7O4. The molecule has 3 fully saturated rings. The van der Waals surface area contributed by atoms with Gasteiger partial charge >= 0.3 is 5.97 Å². The van der Waals surface area contributed by atoms with Gasteiger partial charge in [-0.05, 0) is 56.9 Å². The minimum Gasteiger partial charge on any atom is -0.491 e. The Labute approximate surface area is 279 Å². The van der Waals surface area contributed by atoms with Crippen molar-refractivity contribution in [1.82, 2.24) is 24.7 Å². The number of nitrogens with zero attached hydrogens (tertiary/aromatic N) is 5. The van der Waals surface area contributed by atoms with Gasteiger partial charge in [0.15, 0.2) is 0 Å². The molecule has 1 aromatic heterocycles. The quantitative estimate of drug-likeness (QED) is 0.209. The summed E-state index contributed by atoms with van der Waals surface area (Å²) >= 11 is 5.98. The fourth-order valence-electron chi connectivity index (χ4n) is 5.87. The highest BCUT2D eigenvalue weighted by molar-refractivity contribution is 6.31. The van der Waals surface area contributed by atoms with E-state index in [1.165, 1.54) is 18.5 Å². The average molecular weight is 666 g/mol. The first-order valence-corrected chi connectivity index (χ1v) is 16.5. The number of nitrogens with one attached hydrogen (secondary N) is 2. The third-order valence-electron chi connectivity index (χ3n) is 8.53. The number of ether oxygens (including phenoxy) is 2. The monoisotopic (exact) mass is 665 g/mol. The number of halogens is 2. The van der Waals surface area contributed by atoms with Crippen molar-refractivity contribution in [3.8, 4) is 5.75 Å². The van der Waals surface area contributed by atoms with Crippen molar-refractivity contribution in [3.05, 3.63) is 59.7 Å². The summed E-state index contributed by atoms with van der Waals surface area (Å²) in [6, 6.07) is 7.95. The molecule has 250 valence electrons. The van der Waals surface area contributed by atoms with E-state index in [1.54, 1.807) is 24.3 Å². The molecule has 13 heteroatoms. The minimum absolute atomic E-state index is 0.00236. The summed E-state index contributed by atoms with van der Waals surface area (Å²) in [4.78, 5) is 40.7. The zero-order valence-corrected chi connectivity index (χ0v) is 27.6. The average Bonchev–Trinajstić information content (AvgIpc) is 3.85. The predicted octanol–water partition coefficient (Wildman–Crippen LogP) is 4.70. The molecule has 0 unspecified atom stereocenters. The van der Waals surface area contributed by atoms with Crippen molar-refractivity contribution in [3.63, 3.8) is 0 Å². The van der Waals surface area contributed by atoms with Crippen molar-refractivity contribution in [1.29, 1.82) is 0 Å². The number of carbonyl (C=O) groups excluding carboxylic acids is 2. The van der Waals surface area contributed by atoms with E-state index in [-0.39, 0.29) is 16.9 Å². The van der Waals surface area contributed by atoms with Crippen LogP contribution in [0.2, 0.25) is 5.02 Å². The molecule has 3 heterocycles. The molecule has 0 spiro atoms. The molecular weight excluding hydrogens is 625 g/mol. The van der Waals surface area contributed by atoms with Crippen LogP contribution in [0, 0.1) is 11.7 Å². The van der Waals surface area contributed by atoms with Gasteiger partial charge in [-0.15, -0.1) is 0 Å². The topological polar surface area (TPSA) is 112 Å². The molecule has 3 aromatic rings. The molecule has 1 aliphatic carbocycles. The van der Waals surface area contributed by atoms with Crippen LogP contribution >= 0.6 is 11.6 Å². The van der Waals surface area contributed by atoms with E-state index < -0.39 is 11.4 Å². The Kier molecular flexibility index (Phi) is 10.2. The van der Waals surface area contributed by atoms with E-state index in [0.29, 0.717) is 59.5 Å². The number of amides is 1. The molecule has 2 aromatic carbocycles. The molecule has 2 aliphatic heterocycles. The number of anilines is 3. The van der Waals surface area contributed by atoms with Gasteiger partial charge in [-0.1, -0.05) is 17.7 Å². The first-order valence-electron chi connectivity index (χ1n) is 16.1. The third-order valence-corrected chi connectivity index (χ3v) is 8.82. The van der Waals surface area contributed by atoms with Crippen LogP contribution in [-0.2, 0) is 14.3 Å². The summed E-state index contributed by atoms with van der Waals surface area (Å²) in [6.07, 6.45) is 7.15. The standard InChI is InChI=1S/C34H41ClFN7O4/c1-34(2)21-43(19-32(45)47-34)15-14-42-12-10-41(11-13-42)9-3-4-31(44)40-29-17-25-28(18-30(29)46-20-23-5-6-23)37-22-38-33(25)39-24-7-8-27(36)26(35)16-24/h3-4,7-8,16-18,22-23H,5-6,9-15,19-21H2,1-2H3,(H,40,44)(H,37,38,39). The van der Waals surface area contributed by atoms with Gasteiger partial charge in [0.1, 0.15) is 29.3 Å². The Morgan fingerprint density at radius 3 is 2.62 bits per heavy atom. The molecule has 1 saturated carbocycles. The maximum Gasteiger partial charge on any atom is 0.320 e. The van der Waals surface area contributed by atoms with Crippen molar-refractivity contribution in [2.24, 2.45) is 5.92 Å². The maximum absolute atomic E-state index is 13.7. The summed E-state index contributed by atoms with van der Waals surface area (Å²) in [5.74, 6) is 0.620. The third kappa shape index (κ3) is 9.16. The van der Waals surface area contributed by atoms with E-state index in [4.69, 9.17) is 21.1 Å². The number of morpholine rings is 1. The molecule has 2 N–H and O–H groups in total. The summed E-state index contributed by atoms with van der Waals surface area (Å²) in [5, 5.41) is 6.82. The Balaban J connectivity index is 1.05. The van der Waals surface area contributed by atoms with Crippen LogP contribution in [0.1, 0.15) is 26.7 Å². The smallest absolute Gasteiger partial charge is 0.320 e. The van der Waals surface area contributed by atoms with Crippen molar-refractivity contribution in [2.45, 2.75) is 32.3 Å². The molecule has 0 atom stereocenters. The number of benzene rings is 2. The number of rotatable bonds is 12. The van der Waals surface area contributed by atoms with Gasteiger partial charge in [0.05, 0.1) is 29.4 Å². The van der Waals surface area contributed by atoms with Crippen LogP contribution in [0.3, 0.4) is 0 Å². The van der Waals surface area contributed by atoms with Crippen molar-refractivity contribution in [2.75, 3.05) is 76.1 Å². The number of esters is 1. The highest BCUT2D eigenvalue weighted by atomic mass is 35.5. The lowest BCUT2D eigenvalue weighted by molar-refractivity contribution is -0.169. The molecule has 1 amide bonds. The van der Waals surface area contributed by atoms with Crippen LogP contribution in [0.25, 0.3) is 10.9 Å². The van der Waals surface area contributed by atoms with Crippen LogP contribution in [-0.4, -0.2) is 108 Å². The minimum atomic E-state index is -0.508. The lowest BCUT2D eigenvalue weighted by Gasteiger charge is -2.39. The Morgan fingerprint density at radius 2 is 1.87 bits per heavy atom. The number of aromatic nitrogens is 2. The van der Waals surface area contributed by atoms with Gasteiger partial charge in [0.2, 0.25) is 5.91 Å². The molecule has 6 rings (SSSR count). The predicted molar refractivity (Wildman–Crippen MR) is 180 cm³/mol. The lowest BCUT2D eigenvalue weighted by Crippen LogP contribution is -2.54. The number of piperazine rings is 1. The first-order chi connectivity index (χ1) is 22.6. The highest BCUT2D eigenvalue weighted by Gasteiger charge is 2.33. The van der Waals surface area contributed by atoms with Crippen LogP contribution in [0.15, 0.2) is 48.8 Å². The summed E-state index contributed by atoms with van der Waals surface area (Å²) in [7, 11) is 0. The molecule has 0 radical (unpaired) electrons. The number of fused-ring (bicyclic) bond motifs is 1. The molecule has 47 heavy (non-hydrogen) atoms. The Bertz CT molecular complexity index is 1640. The van der Waals surface area contributed by atoms with Crippen LogP contribution in [0.4, 0.5) is 21.6 Å². The summed E-state index contributed by atoms with van der Waals surface area (Å²) < 4.78 is 25.2. The van der Waals surface area contributed by atoms with E-state index >= 15 is 0 Å². The van der Waals surface area contributed by atoms with Crippen LogP contribution < -0.4 is 15.4 Å². The van der Waals surface area contributed by atoms with Gasteiger partial charge in [0.25, 0.3) is 0 Å². The van der Waals surface area contributed by atoms with E-state index in [0.717, 1.165) is 58.7 Å². The number of hydrogen-bond donors (Lipinski definition) is 2. The largest absolute Gasteiger partial charge is 0.491 e. The van der Waals surface area contributed by atoms with Crippen LogP contribution in [0.5, 0.6) is 5.75 Å². The van der Waals surface area contributed by atoms with E-state index in [2.05, 4.69) is 35.3 Å². The normalized spacial score (nSPS) is 19.2. The van der Waals surface area contributed by atoms with Gasteiger partial charge in [-0.25, -0.2) is 14.4 Å². The zero-order valence-electron chi connectivity index (χ0n) is 26.8. The van der Waals surface area contributed by atoms with Gasteiger partial charge < -0.3 is 20.1 Å². The van der Waals surface area contributed by atoms with Gasteiger partial charge in [-0.3, -0.25) is 24.3 Å². The van der Waals surface area contributed by atoms with Gasteiger partial charge in [-0.2, -0.15) is 0 Å². The molecule has 2 saturated heterocycles. The number of cyclic esters (lactones) is 1. The molecule has 0 bridgehead atoms.